The number of H-pyrrole nitrogens is 1. The van der Waals surface area contributed by atoms with E-state index in [0.717, 1.165) is 24.4 Å². The van der Waals surface area contributed by atoms with E-state index in [4.69, 9.17) is 0 Å². The Hall–Kier alpha value is -3.15. The summed E-state index contributed by atoms with van der Waals surface area (Å²) in [6, 6.07) is 12.7. The van der Waals surface area contributed by atoms with E-state index in [2.05, 4.69) is 15.3 Å². The van der Waals surface area contributed by atoms with Crippen LogP contribution in [0.5, 0.6) is 0 Å². The van der Waals surface area contributed by atoms with Crippen LogP contribution in [0.3, 0.4) is 0 Å². The lowest BCUT2D eigenvalue weighted by atomic mass is 9.85. The third-order valence-electron chi connectivity index (χ3n) is 4.77. The number of nitrogens with one attached hydrogen (secondary N) is 2. The number of para-hydroxylation sites is 1. The molecule has 0 spiro atoms. The molecular weight excluding hydrogens is 328 g/mol. The zero-order valence-electron chi connectivity index (χ0n) is 14.3. The Morgan fingerprint density at radius 2 is 1.96 bits per heavy atom. The number of hydrogen-bond acceptors (Lipinski definition) is 3. The first-order chi connectivity index (χ1) is 12.7. The van der Waals surface area contributed by atoms with Gasteiger partial charge in [0.2, 0.25) is 0 Å². The monoisotopic (exact) mass is 348 g/mol. The lowest BCUT2D eigenvalue weighted by Crippen LogP contribution is -2.27. The van der Waals surface area contributed by atoms with Crippen LogP contribution in [-0.2, 0) is 6.54 Å². The van der Waals surface area contributed by atoms with Gasteiger partial charge in [-0.3, -0.25) is 9.59 Å². The second-order valence-corrected chi connectivity index (χ2v) is 6.54. The number of rotatable bonds is 5. The van der Waals surface area contributed by atoms with Gasteiger partial charge in [-0.1, -0.05) is 18.6 Å². The summed E-state index contributed by atoms with van der Waals surface area (Å²) in [5, 5.41) is 2.88. The highest BCUT2D eigenvalue weighted by molar-refractivity contribution is 5.97. The summed E-state index contributed by atoms with van der Waals surface area (Å²) in [6.07, 6.45) is 7.09. The fourth-order valence-corrected chi connectivity index (χ4v) is 3.15. The topological polar surface area (TPSA) is 79.8 Å². The number of carbonyl (C=O) groups is 1. The van der Waals surface area contributed by atoms with Gasteiger partial charge in [0.15, 0.2) is 0 Å². The van der Waals surface area contributed by atoms with Crippen molar-refractivity contribution in [2.75, 3.05) is 0 Å². The molecule has 2 heterocycles. The maximum absolute atomic E-state index is 12.7. The lowest BCUT2D eigenvalue weighted by Gasteiger charge is -2.24. The average Bonchev–Trinajstić information content (AvgIpc) is 3.12. The molecule has 0 unspecified atom stereocenters. The normalized spacial score (nSPS) is 14.0. The number of carbonyl (C=O) groups excluding carboxylic acids is 1. The van der Waals surface area contributed by atoms with Crippen molar-refractivity contribution in [3.8, 4) is 5.69 Å². The minimum absolute atomic E-state index is 0.168. The van der Waals surface area contributed by atoms with E-state index >= 15 is 0 Å². The molecular formula is C20H20N4O2. The quantitative estimate of drug-likeness (QED) is 0.744. The van der Waals surface area contributed by atoms with Crippen LogP contribution in [0.4, 0.5) is 0 Å². The van der Waals surface area contributed by atoms with Crippen LogP contribution in [0.15, 0.2) is 59.7 Å². The minimum atomic E-state index is -0.193. The predicted octanol–water partition coefficient (Wildman–Crippen LogP) is 2.76. The van der Waals surface area contributed by atoms with E-state index in [-0.39, 0.29) is 18.0 Å². The molecule has 6 nitrogen and oxygen atoms in total. The van der Waals surface area contributed by atoms with Crippen molar-refractivity contribution in [3.05, 3.63) is 82.3 Å². The Balaban J connectivity index is 1.52. The zero-order valence-corrected chi connectivity index (χ0v) is 14.3. The largest absolute Gasteiger partial charge is 0.346 e. The molecule has 26 heavy (non-hydrogen) atoms. The molecule has 6 heteroatoms. The van der Waals surface area contributed by atoms with Gasteiger partial charge in [0, 0.05) is 24.4 Å². The summed E-state index contributed by atoms with van der Waals surface area (Å²) in [4.78, 5) is 31.9. The third-order valence-corrected chi connectivity index (χ3v) is 4.77. The molecule has 0 radical (unpaired) electrons. The van der Waals surface area contributed by atoms with Crippen molar-refractivity contribution in [1.29, 1.82) is 0 Å². The van der Waals surface area contributed by atoms with Crippen LogP contribution >= 0.6 is 0 Å². The molecule has 132 valence electrons. The number of amides is 1. The van der Waals surface area contributed by atoms with Crippen molar-refractivity contribution < 1.29 is 4.79 Å². The number of benzene rings is 1. The molecule has 4 rings (SSSR count). The van der Waals surface area contributed by atoms with E-state index in [9.17, 15) is 9.59 Å². The minimum Gasteiger partial charge on any atom is -0.346 e. The lowest BCUT2D eigenvalue weighted by molar-refractivity contribution is 0.0950. The number of nitrogens with zero attached hydrogens (tertiary/aromatic N) is 2. The average molecular weight is 348 g/mol. The highest BCUT2D eigenvalue weighted by atomic mass is 16.1. The van der Waals surface area contributed by atoms with E-state index in [1.165, 1.54) is 12.5 Å². The second-order valence-electron chi connectivity index (χ2n) is 6.54. The molecule has 2 aromatic heterocycles. The van der Waals surface area contributed by atoms with Crippen molar-refractivity contribution >= 4 is 5.91 Å². The van der Waals surface area contributed by atoms with Gasteiger partial charge in [-0.25, -0.2) is 4.98 Å². The smallest absolute Gasteiger partial charge is 0.253 e. The van der Waals surface area contributed by atoms with Crippen molar-refractivity contribution in [1.82, 2.24) is 19.9 Å². The summed E-state index contributed by atoms with van der Waals surface area (Å²) >= 11 is 0. The maximum Gasteiger partial charge on any atom is 0.253 e. The van der Waals surface area contributed by atoms with Gasteiger partial charge in [-0.15, -0.1) is 0 Å². The predicted molar refractivity (Wildman–Crippen MR) is 98.4 cm³/mol. The second kappa shape index (κ2) is 7.00. The molecule has 1 aromatic carbocycles. The molecule has 1 amide bonds. The summed E-state index contributed by atoms with van der Waals surface area (Å²) in [5.74, 6) is 0.884. The van der Waals surface area contributed by atoms with Gasteiger partial charge in [0.1, 0.15) is 5.82 Å². The van der Waals surface area contributed by atoms with Crippen LogP contribution in [0.2, 0.25) is 0 Å². The molecule has 3 aromatic rings. The van der Waals surface area contributed by atoms with Crippen LogP contribution in [-0.4, -0.2) is 20.4 Å². The summed E-state index contributed by atoms with van der Waals surface area (Å²) < 4.78 is 1.90. The summed E-state index contributed by atoms with van der Waals surface area (Å²) in [7, 11) is 0. The molecule has 1 saturated carbocycles. The van der Waals surface area contributed by atoms with Crippen LogP contribution in [0.1, 0.15) is 47.1 Å². The highest BCUT2D eigenvalue weighted by Crippen LogP contribution is 2.33. The first-order valence-corrected chi connectivity index (χ1v) is 8.81. The fraction of sp³-hybridized carbons (Fsp3) is 0.250. The van der Waals surface area contributed by atoms with E-state index in [1.807, 2.05) is 47.3 Å². The summed E-state index contributed by atoms with van der Waals surface area (Å²) in [5.41, 5.74) is 1.80. The number of hydrogen-bond donors (Lipinski definition) is 2. The van der Waals surface area contributed by atoms with Gasteiger partial charge < -0.3 is 14.9 Å². The van der Waals surface area contributed by atoms with Crippen molar-refractivity contribution in [3.63, 3.8) is 0 Å². The standard InChI is InChI=1S/C20H20N4O2/c25-18-12-15(22-19(23-18)14-6-5-7-14)13-21-20(26)16-8-1-2-9-17(16)24-10-3-4-11-24/h1-4,8-12,14H,5-7,13H2,(H,21,26)(H,22,23,25). The third kappa shape index (κ3) is 3.31. The van der Waals surface area contributed by atoms with E-state index in [0.29, 0.717) is 17.2 Å². The van der Waals surface area contributed by atoms with Gasteiger partial charge in [-0.2, -0.15) is 0 Å². The molecule has 0 atom stereocenters. The Morgan fingerprint density at radius 1 is 1.19 bits per heavy atom. The first-order valence-electron chi connectivity index (χ1n) is 8.81. The van der Waals surface area contributed by atoms with Crippen LogP contribution in [0, 0.1) is 0 Å². The van der Waals surface area contributed by atoms with Gasteiger partial charge in [0.25, 0.3) is 11.5 Å². The Kier molecular flexibility index (Phi) is 4.39. The Bertz CT molecular complexity index is 971. The number of aromatic amines is 1. The van der Waals surface area contributed by atoms with Crippen molar-refractivity contribution in [2.24, 2.45) is 0 Å². The zero-order chi connectivity index (χ0) is 17.9. The Labute approximate surface area is 150 Å². The fourth-order valence-electron chi connectivity index (χ4n) is 3.15. The molecule has 1 fully saturated rings. The molecule has 0 bridgehead atoms. The van der Waals surface area contributed by atoms with Gasteiger partial charge >= 0.3 is 0 Å². The highest BCUT2D eigenvalue weighted by Gasteiger charge is 2.22. The van der Waals surface area contributed by atoms with E-state index in [1.54, 1.807) is 6.07 Å². The molecule has 2 N–H and O–H groups in total. The SMILES string of the molecule is O=C(NCc1cc(=O)[nH]c(C2CCC2)n1)c1ccccc1-n1cccc1. The van der Waals surface area contributed by atoms with Crippen LogP contribution < -0.4 is 10.9 Å². The Morgan fingerprint density at radius 3 is 2.69 bits per heavy atom. The van der Waals surface area contributed by atoms with E-state index < -0.39 is 0 Å². The maximum atomic E-state index is 12.7. The number of aromatic nitrogens is 3. The molecule has 0 saturated heterocycles. The molecule has 1 aliphatic carbocycles. The summed E-state index contributed by atoms with van der Waals surface area (Å²) in [6.45, 7) is 0.225. The van der Waals surface area contributed by atoms with Crippen molar-refractivity contribution in [2.45, 2.75) is 31.7 Å². The molecule has 0 aliphatic heterocycles. The molecule has 1 aliphatic rings. The van der Waals surface area contributed by atoms with Crippen LogP contribution in [0.25, 0.3) is 5.69 Å². The van der Waals surface area contributed by atoms with Gasteiger partial charge in [-0.05, 0) is 37.1 Å². The van der Waals surface area contributed by atoms with Gasteiger partial charge in [0.05, 0.1) is 23.5 Å². The first kappa shape index (κ1) is 16.3.